The topological polar surface area (TPSA) is 103 Å². The van der Waals surface area contributed by atoms with Crippen molar-refractivity contribution < 1.29 is 14.4 Å². The lowest BCUT2D eigenvalue weighted by Crippen LogP contribution is -2.42. The van der Waals surface area contributed by atoms with Crippen LogP contribution in [0.2, 0.25) is 0 Å². The molecule has 0 aliphatic carbocycles. The van der Waals surface area contributed by atoms with E-state index in [0.29, 0.717) is 5.56 Å². The molecule has 0 heterocycles. The molecule has 19 heavy (non-hydrogen) atoms. The maximum Gasteiger partial charge on any atom is 0.340 e. The van der Waals surface area contributed by atoms with E-state index in [9.17, 15) is 4.79 Å². The molecule has 0 radical (unpaired) electrons. The molecule has 0 fully saturated rings. The van der Waals surface area contributed by atoms with Crippen molar-refractivity contribution in [2.75, 3.05) is 19.9 Å². The molecule has 0 saturated heterocycles. The molecule has 7 heteroatoms. The lowest BCUT2D eigenvalue weighted by atomic mass is 10.2. The van der Waals surface area contributed by atoms with Gasteiger partial charge in [0.15, 0.2) is 0 Å². The smallest absolute Gasteiger partial charge is 0.340 e. The summed E-state index contributed by atoms with van der Waals surface area (Å²) in [5.41, 5.74) is 3.02. The average molecular weight is 270 g/mol. The normalized spacial score (nSPS) is 9.74. The number of hydrogen-bond acceptors (Lipinski definition) is 7. The standard InChI is InChI=1S/C8H9NO3.C4H13N3/c9-12-6-11-8(10)7-4-2-1-3-5-7;1-3-7(4-2)6-5/h1-5H,6,9H2;6H,3-5H2,1-2H3. The Morgan fingerprint density at radius 3 is 2.21 bits per heavy atom. The van der Waals surface area contributed by atoms with Crippen molar-refractivity contribution >= 4 is 5.97 Å². The highest BCUT2D eigenvalue weighted by Gasteiger charge is 2.03. The summed E-state index contributed by atoms with van der Waals surface area (Å²) in [6, 6.07) is 8.62. The highest BCUT2D eigenvalue weighted by molar-refractivity contribution is 5.89. The number of carbonyl (C=O) groups excluding carboxylic acids is 1. The second-order valence-corrected chi connectivity index (χ2v) is 3.38. The maximum absolute atomic E-state index is 11.0. The molecule has 1 aromatic rings. The molecular weight excluding hydrogens is 248 g/mol. The SMILES string of the molecule is CCN(CC)NN.NOCOC(=O)c1ccccc1. The van der Waals surface area contributed by atoms with Gasteiger partial charge in [-0.05, 0) is 12.1 Å². The van der Waals surface area contributed by atoms with E-state index in [4.69, 9.17) is 5.84 Å². The third-order valence-corrected chi connectivity index (χ3v) is 2.21. The van der Waals surface area contributed by atoms with Crippen LogP contribution in [0, 0.1) is 0 Å². The summed E-state index contributed by atoms with van der Waals surface area (Å²) >= 11 is 0. The first-order valence-corrected chi connectivity index (χ1v) is 5.94. The van der Waals surface area contributed by atoms with Crippen LogP contribution in [0.3, 0.4) is 0 Å². The number of benzene rings is 1. The molecule has 0 aliphatic heterocycles. The minimum absolute atomic E-state index is 0.228. The molecular formula is C12H22N4O3. The summed E-state index contributed by atoms with van der Waals surface area (Å²) in [6.45, 7) is 5.76. The Morgan fingerprint density at radius 2 is 1.84 bits per heavy atom. The zero-order valence-electron chi connectivity index (χ0n) is 11.3. The molecule has 1 rings (SSSR count). The van der Waals surface area contributed by atoms with E-state index in [2.05, 4.69) is 21.0 Å². The second kappa shape index (κ2) is 11.6. The van der Waals surface area contributed by atoms with Gasteiger partial charge < -0.3 is 4.74 Å². The van der Waals surface area contributed by atoms with Crippen molar-refractivity contribution in [3.63, 3.8) is 0 Å². The van der Waals surface area contributed by atoms with Crippen molar-refractivity contribution in [3.8, 4) is 0 Å². The molecule has 0 aromatic heterocycles. The van der Waals surface area contributed by atoms with Gasteiger partial charge in [0.2, 0.25) is 6.79 Å². The predicted molar refractivity (Wildman–Crippen MR) is 72.2 cm³/mol. The van der Waals surface area contributed by atoms with Crippen LogP contribution in [0.25, 0.3) is 0 Å². The van der Waals surface area contributed by atoms with E-state index >= 15 is 0 Å². The van der Waals surface area contributed by atoms with Crippen molar-refractivity contribution in [2.45, 2.75) is 13.8 Å². The van der Waals surface area contributed by atoms with Gasteiger partial charge >= 0.3 is 5.97 Å². The predicted octanol–water partition coefficient (Wildman–Crippen LogP) is 0.398. The van der Waals surface area contributed by atoms with Crippen LogP contribution in [0.15, 0.2) is 30.3 Å². The number of nitrogens with zero attached hydrogens (tertiary/aromatic N) is 1. The maximum atomic E-state index is 11.0. The zero-order valence-corrected chi connectivity index (χ0v) is 11.3. The number of rotatable bonds is 6. The monoisotopic (exact) mass is 270 g/mol. The Hall–Kier alpha value is -1.51. The van der Waals surface area contributed by atoms with E-state index in [1.54, 1.807) is 24.3 Å². The van der Waals surface area contributed by atoms with Crippen LogP contribution in [0.5, 0.6) is 0 Å². The van der Waals surface area contributed by atoms with E-state index in [1.165, 1.54) is 0 Å². The van der Waals surface area contributed by atoms with Crippen LogP contribution in [0.1, 0.15) is 24.2 Å². The second-order valence-electron chi connectivity index (χ2n) is 3.38. The van der Waals surface area contributed by atoms with Crippen LogP contribution in [-0.4, -0.2) is 30.9 Å². The third-order valence-electron chi connectivity index (χ3n) is 2.21. The van der Waals surface area contributed by atoms with Crippen LogP contribution >= 0.6 is 0 Å². The Kier molecular flexibility index (Phi) is 10.7. The summed E-state index contributed by atoms with van der Waals surface area (Å²) in [5.74, 6) is 9.30. The van der Waals surface area contributed by atoms with Crippen LogP contribution in [-0.2, 0) is 9.57 Å². The van der Waals surface area contributed by atoms with Gasteiger partial charge in [-0.15, -0.1) is 0 Å². The average Bonchev–Trinajstić information content (AvgIpc) is 2.48. The minimum atomic E-state index is -0.443. The van der Waals surface area contributed by atoms with Gasteiger partial charge in [-0.3, -0.25) is 10.7 Å². The van der Waals surface area contributed by atoms with Gasteiger partial charge in [-0.1, -0.05) is 32.0 Å². The number of nitrogens with one attached hydrogen (secondary N) is 1. The summed E-state index contributed by atoms with van der Waals surface area (Å²) < 4.78 is 4.59. The van der Waals surface area contributed by atoms with Gasteiger partial charge in [0.1, 0.15) is 0 Å². The van der Waals surface area contributed by atoms with E-state index in [0.717, 1.165) is 13.1 Å². The summed E-state index contributed by atoms with van der Waals surface area (Å²) in [4.78, 5) is 15.1. The summed E-state index contributed by atoms with van der Waals surface area (Å²) in [6.07, 6.45) is 0. The van der Waals surface area contributed by atoms with Gasteiger partial charge in [-0.2, -0.15) is 5.53 Å². The largest absolute Gasteiger partial charge is 0.433 e. The van der Waals surface area contributed by atoms with Crippen molar-refractivity contribution in [2.24, 2.45) is 11.7 Å². The first-order chi connectivity index (χ1) is 9.19. The number of ether oxygens (including phenoxy) is 1. The van der Waals surface area contributed by atoms with E-state index in [1.807, 2.05) is 24.9 Å². The molecule has 7 nitrogen and oxygen atoms in total. The van der Waals surface area contributed by atoms with Crippen molar-refractivity contribution in [1.29, 1.82) is 0 Å². The third kappa shape index (κ3) is 8.25. The molecule has 0 aliphatic rings. The van der Waals surface area contributed by atoms with E-state index in [-0.39, 0.29) is 6.79 Å². The Labute approximate surface area is 113 Å². The van der Waals surface area contributed by atoms with Gasteiger partial charge in [-0.25, -0.2) is 15.7 Å². The molecule has 1 aromatic carbocycles. The first-order valence-electron chi connectivity index (χ1n) is 5.94. The first kappa shape index (κ1) is 17.5. The fourth-order valence-electron chi connectivity index (χ4n) is 1.15. The lowest BCUT2D eigenvalue weighted by molar-refractivity contribution is -0.0326. The molecule has 0 bridgehead atoms. The molecule has 0 saturated carbocycles. The van der Waals surface area contributed by atoms with Crippen LogP contribution in [0.4, 0.5) is 0 Å². The highest BCUT2D eigenvalue weighted by Crippen LogP contribution is 2.00. The Bertz CT molecular complexity index is 325. The molecule has 0 spiro atoms. The number of hydrogen-bond donors (Lipinski definition) is 3. The van der Waals surface area contributed by atoms with Gasteiger partial charge in [0.05, 0.1) is 5.56 Å². The molecule has 5 N–H and O–H groups in total. The molecule has 108 valence electrons. The fraction of sp³-hybridized carbons (Fsp3) is 0.417. The van der Waals surface area contributed by atoms with Gasteiger partial charge in [0.25, 0.3) is 0 Å². The quantitative estimate of drug-likeness (QED) is 0.297. The summed E-state index contributed by atoms with van der Waals surface area (Å²) in [7, 11) is 0. The van der Waals surface area contributed by atoms with Gasteiger partial charge in [0, 0.05) is 13.1 Å². The lowest BCUT2D eigenvalue weighted by Gasteiger charge is -2.14. The van der Waals surface area contributed by atoms with Crippen molar-refractivity contribution in [3.05, 3.63) is 35.9 Å². The summed E-state index contributed by atoms with van der Waals surface area (Å²) in [5, 5.41) is 1.90. The minimum Gasteiger partial charge on any atom is -0.433 e. The number of esters is 1. The number of nitrogens with two attached hydrogens (primary N) is 2. The molecule has 0 unspecified atom stereocenters. The zero-order chi connectivity index (χ0) is 14.5. The number of carbonyl (C=O) groups is 1. The Balaban J connectivity index is 0.000000399. The highest BCUT2D eigenvalue weighted by atomic mass is 16.7. The van der Waals surface area contributed by atoms with Crippen LogP contribution < -0.4 is 17.3 Å². The molecule has 0 amide bonds. The Morgan fingerprint density at radius 1 is 1.26 bits per heavy atom. The fourth-order valence-corrected chi connectivity index (χ4v) is 1.15. The molecule has 0 atom stereocenters. The van der Waals surface area contributed by atoms with Crippen molar-refractivity contribution in [1.82, 2.24) is 10.5 Å². The number of hydrazine groups is 2. The van der Waals surface area contributed by atoms with E-state index < -0.39 is 5.97 Å².